The molecule has 0 radical (unpaired) electrons. The number of benzene rings is 1. The van der Waals surface area contributed by atoms with Crippen LogP contribution in [-0.2, 0) is 0 Å². The van der Waals surface area contributed by atoms with Crippen LogP contribution in [0.4, 0.5) is 0 Å². The van der Waals surface area contributed by atoms with Crippen molar-refractivity contribution in [3.05, 3.63) is 33.4 Å². The predicted octanol–water partition coefficient (Wildman–Crippen LogP) is 3.19. The standard InChI is InChI=1S/C11H11IO/c1-8-11-4-3-10(13-2)7-9(11)5-6-12-8/h3-7H,1-2H3. The van der Waals surface area contributed by atoms with E-state index in [0.29, 0.717) is 0 Å². The molecular formula is C11H11IO. The summed E-state index contributed by atoms with van der Waals surface area (Å²) in [6.45, 7) is 2.22. The van der Waals surface area contributed by atoms with Crippen molar-refractivity contribution >= 4 is 30.3 Å². The number of methoxy groups -OCH3 is 1. The lowest BCUT2D eigenvalue weighted by Gasteiger charge is -2.10. The van der Waals surface area contributed by atoms with E-state index >= 15 is 0 Å². The highest BCUT2D eigenvalue weighted by atomic mass is 127. The van der Waals surface area contributed by atoms with Crippen LogP contribution in [0.25, 0.3) is 6.08 Å². The van der Waals surface area contributed by atoms with E-state index in [9.17, 15) is 0 Å². The fourth-order valence-electron chi connectivity index (χ4n) is 1.37. The van der Waals surface area contributed by atoms with Gasteiger partial charge in [0.2, 0.25) is 0 Å². The van der Waals surface area contributed by atoms with Gasteiger partial charge >= 0.3 is 0 Å². The molecule has 1 aliphatic heterocycles. The molecule has 13 heavy (non-hydrogen) atoms. The van der Waals surface area contributed by atoms with Crippen molar-refractivity contribution in [3.8, 4) is 5.75 Å². The summed E-state index contributed by atoms with van der Waals surface area (Å²) < 4.78 is 9.02. The van der Waals surface area contributed by atoms with Gasteiger partial charge in [-0.05, 0) is 49.9 Å². The third-order valence-corrected chi connectivity index (χ3v) is 4.33. The van der Waals surface area contributed by atoms with Gasteiger partial charge in [-0.25, -0.2) is 0 Å². The van der Waals surface area contributed by atoms with Gasteiger partial charge < -0.3 is 4.74 Å². The Balaban J connectivity index is 2.55. The molecule has 1 heterocycles. The van der Waals surface area contributed by atoms with Gasteiger partial charge in [0.25, 0.3) is 0 Å². The lowest BCUT2D eigenvalue weighted by molar-refractivity contribution is 0.414. The molecule has 0 aliphatic carbocycles. The van der Waals surface area contributed by atoms with E-state index in [2.05, 4.69) is 29.2 Å². The summed E-state index contributed by atoms with van der Waals surface area (Å²) in [6.07, 6.45) is 2.21. The smallest absolute Gasteiger partial charge is 0.119 e. The van der Waals surface area contributed by atoms with Crippen molar-refractivity contribution in [2.45, 2.75) is 6.92 Å². The Bertz CT molecular complexity index is 391. The minimum Gasteiger partial charge on any atom is -0.497 e. The van der Waals surface area contributed by atoms with Crippen LogP contribution < -0.4 is 4.74 Å². The second kappa shape index (κ2) is 3.62. The van der Waals surface area contributed by atoms with Crippen LogP contribution in [0.5, 0.6) is 5.75 Å². The molecule has 0 spiro atoms. The molecule has 1 aromatic rings. The van der Waals surface area contributed by atoms with Crippen LogP contribution in [0.1, 0.15) is 18.1 Å². The summed E-state index contributed by atoms with van der Waals surface area (Å²) in [5, 5.41) is 0. The molecule has 2 rings (SSSR count). The van der Waals surface area contributed by atoms with Gasteiger partial charge in [0.05, 0.1) is 7.11 Å². The monoisotopic (exact) mass is 286 g/mol. The summed E-state index contributed by atoms with van der Waals surface area (Å²) in [5.41, 5.74) is 2.69. The molecule has 1 aromatic carbocycles. The summed E-state index contributed by atoms with van der Waals surface area (Å²) in [4.78, 5) is 0. The van der Waals surface area contributed by atoms with Crippen LogP contribution >= 0.6 is 20.7 Å². The first-order valence-corrected chi connectivity index (χ1v) is 6.45. The van der Waals surface area contributed by atoms with Crippen LogP contribution in [0.15, 0.2) is 22.3 Å². The number of ether oxygens (including phenoxy) is 1. The SMILES string of the molecule is COc1ccc2c(c1)C=CI=C2C. The second-order valence-electron chi connectivity index (χ2n) is 2.89. The normalized spacial score (nSPS) is 14.2. The van der Waals surface area contributed by atoms with E-state index in [1.54, 1.807) is 10.6 Å². The fourth-order valence-corrected chi connectivity index (χ4v) is 3.31. The molecule has 0 N–H and O–H groups in total. The Morgan fingerprint density at radius 2 is 2.15 bits per heavy atom. The Hall–Kier alpha value is -0.640. The predicted molar refractivity (Wildman–Crippen MR) is 65.8 cm³/mol. The zero-order chi connectivity index (χ0) is 9.26. The zero-order valence-electron chi connectivity index (χ0n) is 7.67. The number of halogens is 1. The molecule has 0 amide bonds. The van der Waals surface area contributed by atoms with Gasteiger partial charge in [-0.1, -0.05) is 20.7 Å². The Kier molecular flexibility index (Phi) is 2.49. The van der Waals surface area contributed by atoms with Gasteiger partial charge in [-0.2, -0.15) is 0 Å². The Morgan fingerprint density at radius 3 is 2.92 bits per heavy atom. The minimum atomic E-state index is 0.144. The highest BCUT2D eigenvalue weighted by Gasteiger charge is 2.06. The second-order valence-corrected chi connectivity index (χ2v) is 5.85. The van der Waals surface area contributed by atoms with Gasteiger partial charge in [-0.15, -0.1) is 0 Å². The van der Waals surface area contributed by atoms with Crippen molar-refractivity contribution < 1.29 is 4.74 Å². The molecule has 0 fully saturated rings. The third kappa shape index (κ3) is 1.68. The molecule has 1 aliphatic rings. The van der Waals surface area contributed by atoms with Crippen LogP contribution in [0.3, 0.4) is 0 Å². The first-order valence-electron chi connectivity index (χ1n) is 4.13. The minimum absolute atomic E-state index is 0.144. The van der Waals surface area contributed by atoms with Crippen molar-refractivity contribution in [2.24, 2.45) is 0 Å². The largest absolute Gasteiger partial charge is 0.497 e. The average Bonchev–Trinajstić information content (AvgIpc) is 2.18. The average molecular weight is 286 g/mol. The van der Waals surface area contributed by atoms with E-state index < -0.39 is 0 Å². The number of fused-ring (bicyclic) bond motifs is 1. The van der Waals surface area contributed by atoms with Crippen LogP contribution in [0, 0.1) is 0 Å². The highest BCUT2D eigenvalue weighted by Crippen LogP contribution is 2.26. The van der Waals surface area contributed by atoms with Gasteiger partial charge in [-0.3, -0.25) is 0 Å². The van der Waals surface area contributed by atoms with E-state index in [0.717, 1.165) is 5.75 Å². The third-order valence-electron chi connectivity index (χ3n) is 2.10. The molecule has 0 bridgehead atoms. The quantitative estimate of drug-likeness (QED) is 0.720. The lowest BCUT2D eigenvalue weighted by Crippen LogP contribution is -1.97. The first-order chi connectivity index (χ1) is 6.31. The van der Waals surface area contributed by atoms with Crippen molar-refractivity contribution in [1.29, 1.82) is 0 Å². The van der Waals surface area contributed by atoms with Crippen molar-refractivity contribution in [3.63, 3.8) is 0 Å². The summed E-state index contributed by atoms with van der Waals surface area (Å²) >= 11 is 0.144. The van der Waals surface area contributed by atoms with Crippen LogP contribution in [-0.4, -0.2) is 10.6 Å². The molecule has 0 saturated carbocycles. The molecule has 2 heteroatoms. The van der Waals surface area contributed by atoms with Crippen LogP contribution in [0.2, 0.25) is 0 Å². The number of rotatable bonds is 1. The lowest BCUT2D eigenvalue weighted by atomic mass is 10.1. The fraction of sp³-hybridized carbons (Fsp3) is 0.182. The van der Waals surface area contributed by atoms with Gasteiger partial charge in [0.15, 0.2) is 0 Å². The van der Waals surface area contributed by atoms with Crippen molar-refractivity contribution in [2.75, 3.05) is 7.11 Å². The Labute approximate surface area is 88.2 Å². The molecule has 68 valence electrons. The summed E-state index contributed by atoms with van der Waals surface area (Å²) in [5.74, 6) is 0.941. The molecule has 0 unspecified atom stereocenters. The van der Waals surface area contributed by atoms with Gasteiger partial charge in [0.1, 0.15) is 5.75 Å². The first kappa shape index (κ1) is 8.94. The molecule has 1 nitrogen and oxygen atoms in total. The molecule has 0 saturated heterocycles. The maximum absolute atomic E-state index is 5.18. The zero-order valence-corrected chi connectivity index (χ0v) is 9.83. The number of hydrogen-bond acceptors (Lipinski definition) is 1. The molecule has 0 atom stereocenters. The summed E-state index contributed by atoms with van der Waals surface area (Å²) in [7, 11) is 1.71. The van der Waals surface area contributed by atoms with Gasteiger partial charge in [0, 0.05) is 0 Å². The van der Waals surface area contributed by atoms with E-state index in [1.165, 1.54) is 11.1 Å². The summed E-state index contributed by atoms with van der Waals surface area (Å²) in [6, 6.07) is 6.29. The van der Waals surface area contributed by atoms with E-state index in [-0.39, 0.29) is 20.7 Å². The topological polar surface area (TPSA) is 9.23 Å². The van der Waals surface area contributed by atoms with E-state index in [1.807, 2.05) is 6.07 Å². The highest BCUT2D eigenvalue weighted by molar-refractivity contribution is 14.2. The Morgan fingerprint density at radius 1 is 1.31 bits per heavy atom. The van der Waals surface area contributed by atoms with Crippen molar-refractivity contribution in [1.82, 2.24) is 0 Å². The molecular weight excluding hydrogens is 275 g/mol. The maximum atomic E-state index is 5.18. The molecule has 0 aromatic heterocycles. The maximum Gasteiger partial charge on any atom is 0.119 e. The number of hydrogen-bond donors (Lipinski definition) is 0. The van der Waals surface area contributed by atoms with E-state index in [4.69, 9.17) is 4.74 Å².